The van der Waals surface area contributed by atoms with Gasteiger partial charge in [-0.25, -0.2) is 4.98 Å². The van der Waals surface area contributed by atoms with Crippen molar-refractivity contribution in [3.05, 3.63) is 101 Å². The molecule has 0 aliphatic rings. The first-order valence-corrected chi connectivity index (χ1v) is 10.1. The molecule has 0 saturated carbocycles. The van der Waals surface area contributed by atoms with Crippen molar-refractivity contribution >= 4 is 22.6 Å². The maximum Gasteiger partial charge on any atom is 0.124 e. The predicted octanol–water partition coefficient (Wildman–Crippen LogP) is 4.90. The van der Waals surface area contributed by atoms with Crippen LogP contribution >= 0.6 is 11.6 Å². The molecule has 29 heavy (non-hydrogen) atoms. The van der Waals surface area contributed by atoms with E-state index in [1.165, 1.54) is 11.1 Å². The Morgan fingerprint density at radius 2 is 1.59 bits per heavy atom. The molecule has 0 saturated heterocycles. The fraction of sp³-hybridized carbons (Fsp3) is 0.208. The minimum Gasteiger partial charge on any atom is -0.395 e. The quantitative estimate of drug-likeness (QED) is 0.475. The Balaban J connectivity index is 1.73. The Labute approximate surface area is 176 Å². The zero-order valence-electron chi connectivity index (χ0n) is 16.4. The number of rotatable bonds is 7. The van der Waals surface area contributed by atoms with Crippen LogP contribution in [0.25, 0.3) is 11.0 Å². The van der Waals surface area contributed by atoms with Gasteiger partial charge in [0.1, 0.15) is 5.82 Å². The van der Waals surface area contributed by atoms with Crippen LogP contribution in [-0.4, -0.2) is 33.2 Å². The first-order valence-electron chi connectivity index (χ1n) is 9.73. The molecule has 148 valence electrons. The molecule has 5 heteroatoms. The summed E-state index contributed by atoms with van der Waals surface area (Å²) in [6, 6.07) is 26.8. The molecule has 0 aliphatic carbocycles. The summed E-state index contributed by atoms with van der Waals surface area (Å²) in [5.41, 5.74) is 4.30. The number of halogens is 1. The van der Waals surface area contributed by atoms with E-state index in [1.54, 1.807) is 0 Å². The Bertz CT molecular complexity index is 1040. The molecule has 0 spiro atoms. The highest BCUT2D eigenvalue weighted by atomic mass is 35.5. The number of aromatic nitrogens is 2. The lowest BCUT2D eigenvalue weighted by Gasteiger charge is -2.29. The van der Waals surface area contributed by atoms with Gasteiger partial charge in [-0.3, -0.25) is 4.90 Å². The molecule has 0 unspecified atom stereocenters. The third kappa shape index (κ3) is 4.20. The summed E-state index contributed by atoms with van der Waals surface area (Å²) in [6.07, 6.45) is 0. The highest BCUT2D eigenvalue weighted by Crippen LogP contribution is 2.29. The van der Waals surface area contributed by atoms with E-state index in [9.17, 15) is 5.11 Å². The van der Waals surface area contributed by atoms with Gasteiger partial charge in [0.05, 0.1) is 30.2 Å². The summed E-state index contributed by atoms with van der Waals surface area (Å²) >= 11 is 6.20. The lowest BCUT2D eigenvalue weighted by atomic mass is 9.97. The first-order chi connectivity index (χ1) is 14.2. The number of hydrogen-bond donors (Lipinski definition) is 1. The zero-order chi connectivity index (χ0) is 20.2. The van der Waals surface area contributed by atoms with E-state index in [2.05, 4.69) is 65.0 Å². The van der Waals surface area contributed by atoms with Crippen molar-refractivity contribution < 1.29 is 5.11 Å². The van der Waals surface area contributed by atoms with Gasteiger partial charge in [-0.15, -0.1) is 0 Å². The second-order valence-electron chi connectivity index (χ2n) is 7.18. The van der Waals surface area contributed by atoms with Gasteiger partial charge in [0.15, 0.2) is 0 Å². The summed E-state index contributed by atoms with van der Waals surface area (Å²) < 4.78 is 2.06. The third-order valence-corrected chi connectivity index (χ3v) is 5.41. The van der Waals surface area contributed by atoms with E-state index in [4.69, 9.17) is 16.6 Å². The summed E-state index contributed by atoms with van der Waals surface area (Å²) in [6.45, 7) is 1.18. The number of aliphatic hydroxyl groups is 1. The largest absolute Gasteiger partial charge is 0.395 e. The molecule has 0 fully saturated rings. The molecule has 0 amide bonds. The molecule has 0 aliphatic heterocycles. The molecule has 0 atom stereocenters. The van der Waals surface area contributed by atoms with Crippen LogP contribution in [0.5, 0.6) is 0 Å². The monoisotopic (exact) mass is 405 g/mol. The van der Waals surface area contributed by atoms with E-state index in [1.807, 2.05) is 30.3 Å². The number of imidazole rings is 1. The van der Waals surface area contributed by atoms with Crippen molar-refractivity contribution in [2.45, 2.75) is 19.1 Å². The zero-order valence-corrected chi connectivity index (χ0v) is 17.1. The predicted molar refractivity (Wildman–Crippen MR) is 118 cm³/mol. The normalized spacial score (nSPS) is 11.6. The van der Waals surface area contributed by atoms with E-state index >= 15 is 0 Å². The number of fused-ring (bicyclic) bond motifs is 1. The van der Waals surface area contributed by atoms with Gasteiger partial charge in [-0.2, -0.15) is 0 Å². The SMILES string of the molecule is CN(Cc1nc2ccc(Cl)cc2n1CCO)C(c1ccccc1)c1ccccc1. The van der Waals surface area contributed by atoms with Gasteiger partial charge < -0.3 is 9.67 Å². The van der Waals surface area contributed by atoms with Crippen LogP contribution in [0.1, 0.15) is 23.0 Å². The molecule has 1 N–H and O–H groups in total. The van der Waals surface area contributed by atoms with Crippen LogP contribution in [0.4, 0.5) is 0 Å². The molecule has 0 bridgehead atoms. The average Bonchev–Trinajstić information content (AvgIpc) is 3.06. The minimum atomic E-state index is 0.0511. The standard InChI is InChI=1S/C24H24ClN3O/c1-27(24(18-8-4-2-5-9-18)19-10-6-3-7-11-19)17-23-26-21-13-12-20(25)16-22(21)28(23)14-15-29/h2-13,16,24,29H,14-15,17H2,1H3. The van der Waals surface area contributed by atoms with Crippen LogP contribution in [0, 0.1) is 0 Å². The van der Waals surface area contributed by atoms with Gasteiger partial charge in [0, 0.05) is 11.6 Å². The second kappa shape index (κ2) is 8.78. The van der Waals surface area contributed by atoms with Crippen LogP contribution in [0.3, 0.4) is 0 Å². The lowest BCUT2D eigenvalue weighted by Crippen LogP contribution is -2.27. The molecular formula is C24H24ClN3O. The van der Waals surface area contributed by atoms with Crippen molar-refractivity contribution in [1.29, 1.82) is 0 Å². The molecule has 1 aromatic heterocycles. The van der Waals surface area contributed by atoms with E-state index < -0.39 is 0 Å². The van der Waals surface area contributed by atoms with Crippen LogP contribution in [-0.2, 0) is 13.1 Å². The number of benzene rings is 3. The molecule has 4 rings (SSSR count). The first kappa shape index (κ1) is 19.6. The fourth-order valence-corrected chi connectivity index (χ4v) is 4.07. The molecule has 4 aromatic rings. The summed E-state index contributed by atoms with van der Waals surface area (Å²) in [5.74, 6) is 0.913. The minimum absolute atomic E-state index is 0.0511. The molecule has 4 nitrogen and oxygen atoms in total. The summed E-state index contributed by atoms with van der Waals surface area (Å²) in [7, 11) is 2.11. The van der Waals surface area contributed by atoms with E-state index in [0.717, 1.165) is 16.9 Å². The Hall–Kier alpha value is -2.66. The van der Waals surface area contributed by atoms with Gasteiger partial charge in [0.2, 0.25) is 0 Å². The topological polar surface area (TPSA) is 41.3 Å². The van der Waals surface area contributed by atoms with Crippen LogP contribution < -0.4 is 0 Å². The number of hydrogen-bond acceptors (Lipinski definition) is 3. The van der Waals surface area contributed by atoms with Gasteiger partial charge in [-0.05, 0) is 36.4 Å². The molecule has 3 aromatic carbocycles. The van der Waals surface area contributed by atoms with Crippen molar-refractivity contribution in [3.63, 3.8) is 0 Å². The van der Waals surface area contributed by atoms with Crippen LogP contribution in [0.2, 0.25) is 5.02 Å². The highest BCUT2D eigenvalue weighted by molar-refractivity contribution is 6.31. The summed E-state index contributed by atoms with van der Waals surface area (Å²) in [5, 5.41) is 10.3. The third-order valence-electron chi connectivity index (χ3n) is 5.18. The molecular weight excluding hydrogens is 382 g/mol. The van der Waals surface area contributed by atoms with Gasteiger partial charge in [0.25, 0.3) is 0 Å². The molecule has 1 heterocycles. The fourth-order valence-electron chi connectivity index (χ4n) is 3.90. The van der Waals surface area contributed by atoms with Crippen molar-refractivity contribution in [2.75, 3.05) is 13.7 Å². The Kier molecular flexibility index (Phi) is 5.95. The lowest BCUT2D eigenvalue weighted by molar-refractivity contribution is 0.248. The number of aliphatic hydroxyl groups excluding tert-OH is 1. The van der Waals surface area contributed by atoms with Crippen LogP contribution in [0.15, 0.2) is 78.9 Å². The van der Waals surface area contributed by atoms with Gasteiger partial charge >= 0.3 is 0 Å². The van der Waals surface area contributed by atoms with E-state index in [-0.39, 0.29) is 12.6 Å². The molecule has 0 radical (unpaired) electrons. The highest BCUT2D eigenvalue weighted by Gasteiger charge is 2.21. The van der Waals surface area contributed by atoms with E-state index in [0.29, 0.717) is 18.1 Å². The van der Waals surface area contributed by atoms with Crippen molar-refractivity contribution in [2.24, 2.45) is 0 Å². The Morgan fingerprint density at radius 3 is 2.17 bits per heavy atom. The van der Waals surface area contributed by atoms with Gasteiger partial charge in [-0.1, -0.05) is 72.3 Å². The number of nitrogens with zero attached hydrogens (tertiary/aromatic N) is 3. The van der Waals surface area contributed by atoms with Crippen molar-refractivity contribution in [1.82, 2.24) is 14.5 Å². The Morgan fingerprint density at radius 1 is 0.966 bits per heavy atom. The second-order valence-corrected chi connectivity index (χ2v) is 7.61. The maximum absolute atomic E-state index is 9.60. The average molecular weight is 406 g/mol. The van der Waals surface area contributed by atoms with Crippen molar-refractivity contribution in [3.8, 4) is 0 Å². The maximum atomic E-state index is 9.60. The summed E-state index contributed by atoms with van der Waals surface area (Å²) in [4.78, 5) is 7.13. The smallest absolute Gasteiger partial charge is 0.124 e.